The monoisotopic (exact) mass is 158 g/mol. The molecule has 0 aliphatic carbocycles. The van der Waals surface area contributed by atoms with Crippen LogP contribution in [-0.4, -0.2) is 0 Å². The van der Waals surface area contributed by atoms with E-state index in [0.717, 1.165) is 0 Å². The normalized spacial score (nSPS) is 23.5. The number of phosphoric acid groups is 1. The van der Waals surface area contributed by atoms with Crippen molar-refractivity contribution in [3.8, 4) is 12.3 Å². The molecular formula is C5H3O4P. The zero-order valence-corrected chi connectivity index (χ0v) is 5.76. The zero-order chi connectivity index (χ0) is 7.19. The molecule has 0 aromatic heterocycles. The van der Waals surface area contributed by atoms with Crippen LogP contribution < -0.4 is 0 Å². The Hall–Kier alpha value is -1.07. The van der Waals surface area contributed by atoms with Crippen molar-refractivity contribution in [2.24, 2.45) is 0 Å². The first-order chi connectivity index (χ1) is 4.73. The fourth-order valence-corrected chi connectivity index (χ4v) is 1.83. The molecule has 0 radical (unpaired) electrons. The highest BCUT2D eigenvalue weighted by molar-refractivity contribution is 7.50. The average molecular weight is 158 g/mol. The summed E-state index contributed by atoms with van der Waals surface area (Å²) in [4.78, 5) is 0. The van der Waals surface area contributed by atoms with E-state index in [2.05, 4.69) is 15.0 Å². The van der Waals surface area contributed by atoms with Gasteiger partial charge < -0.3 is 13.6 Å². The van der Waals surface area contributed by atoms with Crippen LogP contribution in [-0.2, 0) is 18.1 Å². The van der Waals surface area contributed by atoms with Gasteiger partial charge in [0.05, 0.1) is 6.42 Å². The van der Waals surface area contributed by atoms with Gasteiger partial charge in [0.1, 0.15) is 0 Å². The molecule has 3 rings (SSSR count). The molecule has 0 saturated carbocycles. The van der Waals surface area contributed by atoms with Gasteiger partial charge in [-0.3, -0.25) is 0 Å². The third-order valence-electron chi connectivity index (χ3n) is 1.10. The van der Waals surface area contributed by atoms with E-state index in [-0.39, 0.29) is 12.4 Å². The molecule has 2 bridgehead atoms. The molecule has 3 aliphatic heterocycles. The minimum atomic E-state index is -3.16. The topological polar surface area (TPSA) is 44.8 Å². The van der Waals surface area contributed by atoms with Gasteiger partial charge in [-0.2, -0.15) is 4.57 Å². The molecule has 3 heterocycles. The molecular weight excluding hydrogens is 155 g/mol. The van der Waals surface area contributed by atoms with Crippen molar-refractivity contribution in [2.45, 2.75) is 6.42 Å². The van der Waals surface area contributed by atoms with E-state index in [1.54, 1.807) is 0 Å². The molecule has 0 unspecified atom stereocenters. The standard InChI is InChI=1S/C5H3O4P/c1-2-3-4-5-8-10(6,7-4)9-5/h1H,3H2. The number of rotatable bonds is 1. The molecule has 0 atom stereocenters. The zero-order valence-electron chi connectivity index (χ0n) is 4.86. The number of phosphoric ester groups is 1. The van der Waals surface area contributed by atoms with Crippen LogP contribution in [0, 0.1) is 12.3 Å². The minimum absolute atomic E-state index is 0.182. The van der Waals surface area contributed by atoms with E-state index >= 15 is 0 Å². The van der Waals surface area contributed by atoms with Crippen LogP contribution in [0.4, 0.5) is 0 Å². The summed E-state index contributed by atoms with van der Waals surface area (Å²) in [6, 6.07) is 0. The Labute approximate surface area is 57.4 Å². The van der Waals surface area contributed by atoms with Crippen molar-refractivity contribution in [1.82, 2.24) is 0 Å². The molecule has 3 aliphatic rings. The Morgan fingerprint density at radius 1 is 1.50 bits per heavy atom. The quantitative estimate of drug-likeness (QED) is 0.427. The summed E-state index contributed by atoms with van der Waals surface area (Å²) in [6.45, 7) is 0. The van der Waals surface area contributed by atoms with Crippen LogP contribution in [0.2, 0.25) is 0 Å². The Bertz CT molecular complexity index is 285. The smallest absolute Gasteiger partial charge is 0.382 e. The summed E-state index contributed by atoms with van der Waals surface area (Å²) < 4.78 is 24.7. The van der Waals surface area contributed by atoms with Crippen molar-refractivity contribution in [3.05, 3.63) is 11.7 Å². The van der Waals surface area contributed by atoms with Gasteiger partial charge in [0.25, 0.3) is 0 Å². The lowest BCUT2D eigenvalue weighted by Gasteiger charge is -2.15. The second-order valence-electron chi connectivity index (χ2n) is 1.81. The summed E-state index contributed by atoms with van der Waals surface area (Å²) in [5, 5.41) is 0. The molecule has 0 aromatic carbocycles. The molecule has 1 fully saturated rings. The fourth-order valence-electron chi connectivity index (χ4n) is 0.718. The summed E-state index contributed by atoms with van der Waals surface area (Å²) in [7, 11) is -3.16. The predicted molar refractivity (Wildman–Crippen MR) is 31.3 cm³/mol. The van der Waals surface area contributed by atoms with Gasteiger partial charge in [-0.15, -0.1) is 6.42 Å². The Morgan fingerprint density at radius 3 is 2.60 bits per heavy atom. The molecule has 0 aromatic rings. The maximum absolute atomic E-state index is 10.8. The molecule has 52 valence electrons. The first kappa shape index (κ1) is 5.70. The van der Waals surface area contributed by atoms with Crippen LogP contribution in [0.5, 0.6) is 0 Å². The van der Waals surface area contributed by atoms with Crippen LogP contribution >= 0.6 is 7.82 Å². The maximum atomic E-state index is 10.8. The summed E-state index contributed by atoms with van der Waals surface area (Å²) in [5.74, 6) is 2.87. The first-order valence-corrected chi connectivity index (χ1v) is 4.05. The lowest BCUT2D eigenvalue weighted by Crippen LogP contribution is -1.99. The van der Waals surface area contributed by atoms with Crippen molar-refractivity contribution < 1.29 is 18.1 Å². The molecule has 0 N–H and O–H groups in total. The minimum Gasteiger partial charge on any atom is -0.382 e. The van der Waals surface area contributed by atoms with Gasteiger partial charge in [-0.25, -0.2) is 0 Å². The molecule has 0 spiro atoms. The first-order valence-electron chi connectivity index (χ1n) is 2.59. The van der Waals surface area contributed by atoms with Crippen LogP contribution in [0.15, 0.2) is 11.7 Å². The molecule has 5 heteroatoms. The summed E-state index contributed by atoms with van der Waals surface area (Å²) in [5.41, 5.74) is 0. The van der Waals surface area contributed by atoms with E-state index < -0.39 is 7.82 Å². The van der Waals surface area contributed by atoms with Gasteiger partial charge >= 0.3 is 13.8 Å². The highest BCUT2D eigenvalue weighted by atomic mass is 31.2. The van der Waals surface area contributed by atoms with Gasteiger partial charge in [0.2, 0.25) is 5.76 Å². The number of hydrogen-bond donors (Lipinski definition) is 0. The second-order valence-corrected chi connectivity index (χ2v) is 3.25. The Kier molecular flexibility index (Phi) is 0.855. The average Bonchev–Trinajstić information content (AvgIpc) is 2.20. The Balaban J connectivity index is 2.22. The molecule has 10 heavy (non-hydrogen) atoms. The van der Waals surface area contributed by atoms with Crippen molar-refractivity contribution >= 4 is 7.82 Å². The number of fused-ring (bicyclic) bond motifs is 1. The van der Waals surface area contributed by atoms with Crippen LogP contribution in [0.25, 0.3) is 0 Å². The SMILES string of the molecule is C#CCC1=C2OP(=O)(O1)O2. The third kappa shape index (κ3) is 0.556. The number of hydrogen-bond acceptors (Lipinski definition) is 4. The second kappa shape index (κ2) is 1.50. The maximum Gasteiger partial charge on any atom is 0.652 e. The van der Waals surface area contributed by atoms with Crippen molar-refractivity contribution in [1.29, 1.82) is 0 Å². The van der Waals surface area contributed by atoms with Gasteiger partial charge in [-0.1, -0.05) is 5.92 Å². The lowest BCUT2D eigenvalue weighted by atomic mass is 10.4. The van der Waals surface area contributed by atoms with Gasteiger partial charge in [0, 0.05) is 0 Å². The van der Waals surface area contributed by atoms with Gasteiger partial charge in [0.15, 0.2) is 0 Å². The van der Waals surface area contributed by atoms with E-state index in [1.165, 1.54) is 0 Å². The van der Waals surface area contributed by atoms with Gasteiger partial charge in [-0.05, 0) is 0 Å². The third-order valence-corrected chi connectivity index (χ3v) is 2.32. The van der Waals surface area contributed by atoms with E-state index in [9.17, 15) is 4.57 Å². The summed E-state index contributed by atoms with van der Waals surface area (Å²) in [6.07, 6.45) is 5.23. The fraction of sp³-hybridized carbons (Fsp3) is 0.200. The predicted octanol–water partition coefficient (Wildman–Crippen LogP) is 1.36. The number of terminal acetylenes is 1. The van der Waals surface area contributed by atoms with Crippen molar-refractivity contribution in [3.63, 3.8) is 0 Å². The van der Waals surface area contributed by atoms with E-state index in [1.807, 2.05) is 0 Å². The highest BCUT2D eigenvalue weighted by Gasteiger charge is 2.55. The highest BCUT2D eigenvalue weighted by Crippen LogP contribution is 2.70. The summed E-state index contributed by atoms with van der Waals surface area (Å²) >= 11 is 0. The van der Waals surface area contributed by atoms with Crippen LogP contribution in [0.3, 0.4) is 0 Å². The molecule has 1 saturated heterocycles. The van der Waals surface area contributed by atoms with E-state index in [4.69, 9.17) is 10.9 Å². The largest absolute Gasteiger partial charge is 0.652 e. The van der Waals surface area contributed by atoms with E-state index in [0.29, 0.717) is 5.76 Å². The Morgan fingerprint density at radius 2 is 2.20 bits per heavy atom. The lowest BCUT2D eigenvalue weighted by molar-refractivity contribution is 0.0985. The molecule has 4 nitrogen and oxygen atoms in total. The van der Waals surface area contributed by atoms with Crippen LogP contribution in [0.1, 0.15) is 6.42 Å². The number of allylic oxidation sites excluding steroid dienone is 1. The van der Waals surface area contributed by atoms with Crippen molar-refractivity contribution in [2.75, 3.05) is 0 Å². The molecule has 0 amide bonds.